The first-order valence-electron chi connectivity index (χ1n) is 11.2. The third-order valence-electron chi connectivity index (χ3n) is 6.82. The molecule has 1 aliphatic carbocycles. The number of nitrogens with one attached hydrogen (secondary N) is 2. The number of likely N-dealkylation sites (tertiary alicyclic amines) is 1. The third kappa shape index (κ3) is 3.96. The van der Waals surface area contributed by atoms with Gasteiger partial charge >= 0.3 is 0 Å². The Morgan fingerprint density at radius 1 is 1.26 bits per heavy atom. The number of amides is 2. The van der Waals surface area contributed by atoms with Crippen LogP contribution in [-0.2, 0) is 9.53 Å². The summed E-state index contributed by atoms with van der Waals surface area (Å²) in [7, 11) is 0. The van der Waals surface area contributed by atoms with Gasteiger partial charge in [0.05, 0.1) is 17.5 Å². The molecule has 0 aromatic carbocycles. The van der Waals surface area contributed by atoms with Gasteiger partial charge in [0.1, 0.15) is 11.6 Å². The monoisotopic (exact) mass is 423 g/mol. The fourth-order valence-electron chi connectivity index (χ4n) is 4.47. The first-order valence-corrected chi connectivity index (χ1v) is 11.2. The zero-order chi connectivity index (χ0) is 21.5. The number of fused-ring (bicyclic) bond motifs is 1. The summed E-state index contributed by atoms with van der Waals surface area (Å²) >= 11 is 0. The predicted octanol–water partition coefficient (Wildman–Crippen LogP) is 2.39. The molecule has 8 heteroatoms. The average Bonchev–Trinajstić information content (AvgIpc) is 3.50. The number of ether oxygens (including phenoxy) is 1. The summed E-state index contributed by atoms with van der Waals surface area (Å²) in [5, 5.41) is 3.04. The molecule has 0 spiro atoms. The standard InChI is InChI=1S/C23H29N5O3/c1-13(2)16-11-28(12-16)23(30)19(15-5-7-31-8-6-15)27-22(29)17-9-24-21-20(17)26-18(10-25-21)14-3-4-14/h9-10,14-16,19H,1,3-8,11-12H2,2H3,(H,24,25)(H,27,29)/t19-/m0/s1. The number of hydrogen-bond acceptors (Lipinski definition) is 5. The van der Waals surface area contributed by atoms with Gasteiger partial charge in [0, 0.05) is 44.3 Å². The van der Waals surface area contributed by atoms with E-state index in [2.05, 4.69) is 21.9 Å². The van der Waals surface area contributed by atoms with Gasteiger partial charge in [-0.15, -0.1) is 0 Å². The molecular weight excluding hydrogens is 394 g/mol. The number of carbonyl (C=O) groups excluding carboxylic acids is 2. The van der Waals surface area contributed by atoms with Crippen molar-refractivity contribution < 1.29 is 14.3 Å². The lowest BCUT2D eigenvalue weighted by Gasteiger charge is -2.43. The molecule has 0 unspecified atom stereocenters. The Bertz CT molecular complexity index is 1020. The Morgan fingerprint density at radius 3 is 2.68 bits per heavy atom. The topological polar surface area (TPSA) is 100 Å². The number of aromatic nitrogens is 3. The summed E-state index contributed by atoms with van der Waals surface area (Å²) in [4.78, 5) is 40.6. The SMILES string of the molecule is C=C(C)C1CN(C(=O)[C@@H](NC(=O)c2c[nH]c3ncc(C4CC4)nc23)C2CCOCC2)C1. The van der Waals surface area contributed by atoms with Crippen LogP contribution in [0.3, 0.4) is 0 Å². The summed E-state index contributed by atoms with van der Waals surface area (Å²) in [6, 6.07) is -0.563. The predicted molar refractivity (Wildman–Crippen MR) is 116 cm³/mol. The van der Waals surface area contributed by atoms with Gasteiger partial charge in [-0.2, -0.15) is 0 Å². The van der Waals surface area contributed by atoms with Crippen LogP contribution in [0, 0.1) is 11.8 Å². The van der Waals surface area contributed by atoms with Gasteiger partial charge in [-0.25, -0.2) is 9.97 Å². The van der Waals surface area contributed by atoms with Crippen molar-refractivity contribution in [3.8, 4) is 0 Å². The van der Waals surface area contributed by atoms with Crippen molar-refractivity contribution in [1.29, 1.82) is 0 Å². The molecule has 3 aliphatic rings. The summed E-state index contributed by atoms with van der Waals surface area (Å²) in [6.45, 7) is 8.57. The second-order valence-corrected chi connectivity index (χ2v) is 9.16. The minimum absolute atomic E-state index is 0.0117. The summed E-state index contributed by atoms with van der Waals surface area (Å²) in [5.74, 6) is 0.566. The van der Waals surface area contributed by atoms with Gasteiger partial charge in [0.25, 0.3) is 5.91 Å². The number of H-pyrrole nitrogens is 1. The molecule has 31 heavy (non-hydrogen) atoms. The Kier molecular flexibility index (Phi) is 5.25. The molecule has 4 heterocycles. The zero-order valence-corrected chi connectivity index (χ0v) is 17.9. The van der Waals surface area contributed by atoms with Gasteiger partial charge in [-0.3, -0.25) is 9.59 Å². The van der Waals surface area contributed by atoms with Crippen molar-refractivity contribution in [2.75, 3.05) is 26.3 Å². The first-order chi connectivity index (χ1) is 15.0. The van der Waals surface area contributed by atoms with Crippen LogP contribution in [0.5, 0.6) is 0 Å². The van der Waals surface area contributed by atoms with Gasteiger partial charge in [-0.1, -0.05) is 12.2 Å². The lowest BCUT2D eigenvalue weighted by molar-refractivity contribution is -0.141. The van der Waals surface area contributed by atoms with Gasteiger partial charge in [-0.05, 0) is 38.5 Å². The average molecular weight is 424 g/mol. The van der Waals surface area contributed by atoms with E-state index < -0.39 is 6.04 Å². The van der Waals surface area contributed by atoms with E-state index in [0.717, 1.165) is 37.0 Å². The third-order valence-corrected chi connectivity index (χ3v) is 6.82. The minimum atomic E-state index is -0.563. The fourth-order valence-corrected chi connectivity index (χ4v) is 4.47. The fraction of sp³-hybridized carbons (Fsp3) is 0.565. The van der Waals surface area contributed by atoms with E-state index in [1.165, 1.54) is 0 Å². The van der Waals surface area contributed by atoms with Crippen LogP contribution in [0.15, 0.2) is 24.5 Å². The van der Waals surface area contributed by atoms with E-state index in [-0.39, 0.29) is 17.7 Å². The molecule has 5 rings (SSSR count). The molecule has 2 aromatic rings. The molecule has 0 bridgehead atoms. The number of hydrogen-bond donors (Lipinski definition) is 2. The second-order valence-electron chi connectivity index (χ2n) is 9.16. The second kappa shape index (κ2) is 8.07. The maximum Gasteiger partial charge on any atom is 0.255 e. The maximum absolute atomic E-state index is 13.3. The van der Waals surface area contributed by atoms with Crippen LogP contribution in [0.4, 0.5) is 0 Å². The van der Waals surface area contributed by atoms with Crippen LogP contribution in [0.1, 0.15) is 54.6 Å². The Hall–Kier alpha value is -2.74. The highest BCUT2D eigenvalue weighted by atomic mass is 16.5. The zero-order valence-electron chi connectivity index (χ0n) is 17.9. The number of nitrogens with zero attached hydrogens (tertiary/aromatic N) is 3. The molecule has 2 aromatic heterocycles. The lowest BCUT2D eigenvalue weighted by Crippen LogP contribution is -2.59. The van der Waals surface area contributed by atoms with Gasteiger partial charge in [0.15, 0.2) is 5.65 Å². The smallest absolute Gasteiger partial charge is 0.255 e. The highest BCUT2D eigenvalue weighted by Gasteiger charge is 2.39. The van der Waals surface area contributed by atoms with Crippen molar-refractivity contribution in [2.45, 2.75) is 44.6 Å². The van der Waals surface area contributed by atoms with E-state index in [0.29, 0.717) is 54.9 Å². The van der Waals surface area contributed by atoms with Crippen molar-refractivity contribution in [3.63, 3.8) is 0 Å². The molecule has 2 N–H and O–H groups in total. The number of aromatic amines is 1. The number of carbonyl (C=O) groups is 2. The van der Waals surface area contributed by atoms with Crippen molar-refractivity contribution in [3.05, 3.63) is 35.8 Å². The van der Waals surface area contributed by atoms with Crippen LogP contribution in [0.25, 0.3) is 11.2 Å². The quantitative estimate of drug-likeness (QED) is 0.695. The molecule has 164 valence electrons. The first kappa shape index (κ1) is 20.2. The number of rotatable bonds is 6. The largest absolute Gasteiger partial charge is 0.381 e. The van der Waals surface area contributed by atoms with E-state index in [4.69, 9.17) is 9.72 Å². The Labute approximate surface area is 181 Å². The molecule has 1 atom stereocenters. The van der Waals surface area contributed by atoms with Gasteiger partial charge < -0.3 is 19.9 Å². The van der Waals surface area contributed by atoms with E-state index in [1.54, 1.807) is 12.4 Å². The molecule has 3 fully saturated rings. The van der Waals surface area contributed by atoms with E-state index in [9.17, 15) is 9.59 Å². The lowest BCUT2D eigenvalue weighted by atomic mass is 9.87. The minimum Gasteiger partial charge on any atom is -0.381 e. The summed E-state index contributed by atoms with van der Waals surface area (Å²) < 4.78 is 5.48. The molecule has 0 radical (unpaired) electrons. The maximum atomic E-state index is 13.3. The molecule has 8 nitrogen and oxygen atoms in total. The van der Waals surface area contributed by atoms with Crippen molar-refractivity contribution in [2.24, 2.45) is 11.8 Å². The highest BCUT2D eigenvalue weighted by molar-refractivity contribution is 6.06. The van der Waals surface area contributed by atoms with Crippen molar-refractivity contribution in [1.82, 2.24) is 25.2 Å². The molecule has 2 saturated heterocycles. The molecule has 2 amide bonds. The summed E-state index contributed by atoms with van der Waals surface area (Å²) in [6.07, 6.45) is 7.18. The van der Waals surface area contributed by atoms with E-state index in [1.807, 2.05) is 11.8 Å². The molecule has 2 aliphatic heterocycles. The Morgan fingerprint density at radius 2 is 2.00 bits per heavy atom. The van der Waals surface area contributed by atoms with Gasteiger partial charge in [0.2, 0.25) is 5.91 Å². The normalized spacial score (nSPS) is 21.0. The van der Waals surface area contributed by atoms with Crippen LogP contribution in [-0.4, -0.2) is 64.0 Å². The highest BCUT2D eigenvalue weighted by Crippen LogP contribution is 2.39. The van der Waals surface area contributed by atoms with Crippen LogP contribution >= 0.6 is 0 Å². The summed E-state index contributed by atoms with van der Waals surface area (Å²) in [5.41, 5.74) is 3.64. The van der Waals surface area contributed by atoms with E-state index >= 15 is 0 Å². The molecule has 1 saturated carbocycles. The molecular formula is C23H29N5O3. The van der Waals surface area contributed by atoms with Crippen LogP contribution in [0.2, 0.25) is 0 Å². The Balaban J connectivity index is 1.36. The van der Waals surface area contributed by atoms with Crippen molar-refractivity contribution >= 4 is 23.0 Å². The van der Waals surface area contributed by atoms with Crippen LogP contribution < -0.4 is 5.32 Å².